The number of methoxy groups -OCH3 is 1. The molecule has 0 aliphatic carbocycles. The van der Waals surface area contributed by atoms with Gasteiger partial charge in [0.05, 0.1) is 22.7 Å². The number of thioether (sulfide) groups is 1. The van der Waals surface area contributed by atoms with Gasteiger partial charge in [-0.15, -0.1) is 0 Å². The average molecular weight is 525 g/mol. The van der Waals surface area contributed by atoms with Gasteiger partial charge in [0.2, 0.25) is 0 Å². The van der Waals surface area contributed by atoms with Crippen LogP contribution < -0.4 is 19.7 Å². The zero-order chi connectivity index (χ0) is 24.9. The van der Waals surface area contributed by atoms with E-state index < -0.39 is 0 Å². The number of carbonyl (C=O) groups excluding carboxylic acids is 2. The normalized spacial score (nSPS) is 14.4. The van der Waals surface area contributed by atoms with Gasteiger partial charge >= 0.3 is 0 Å². The van der Waals surface area contributed by atoms with Crippen molar-refractivity contribution in [2.24, 2.45) is 0 Å². The maximum absolute atomic E-state index is 13.0. The Bertz CT molecular complexity index is 1330. The molecule has 0 spiro atoms. The van der Waals surface area contributed by atoms with Crippen molar-refractivity contribution >= 4 is 69.2 Å². The number of ether oxygens (including phenoxy) is 2. The number of hydrogen-bond donors (Lipinski definition) is 1. The summed E-state index contributed by atoms with van der Waals surface area (Å²) in [7, 11) is 1.53. The number of carbonyl (C=O) groups is 2. The van der Waals surface area contributed by atoms with Crippen molar-refractivity contribution in [3.05, 3.63) is 87.8 Å². The van der Waals surface area contributed by atoms with Gasteiger partial charge in [-0.3, -0.25) is 14.5 Å². The van der Waals surface area contributed by atoms with Crippen LogP contribution >= 0.6 is 35.6 Å². The van der Waals surface area contributed by atoms with Gasteiger partial charge in [-0.05, 0) is 60.5 Å². The predicted molar refractivity (Wildman–Crippen MR) is 145 cm³/mol. The molecular formula is C26H21ClN2O4S2. The van der Waals surface area contributed by atoms with E-state index in [1.165, 1.54) is 23.8 Å². The number of nitrogens with zero attached hydrogens (tertiary/aromatic N) is 1. The van der Waals surface area contributed by atoms with Crippen molar-refractivity contribution < 1.29 is 19.1 Å². The molecule has 3 aromatic rings. The van der Waals surface area contributed by atoms with E-state index in [0.717, 1.165) is 16.8 Å². The van der Waals surface area contributed by atoms with Crippen molar-refractivity contribution in [2.75, 3.05) is 23.9 Å². The molecule has 0 atom stereocenters. The number of anilines is 2. The van der Waals surface area contributed by atoms with E-state index in [2.05, 4.69) is 5.32 Å². The summed E-state index contributed by atoms with van der Waals surface area (Å²) in [5, 5.41) is 3.23. The Kier molecular flexibility index (Phi) is 7.75. The van der Waals surface area contributed by atoms with Crippen LogP contribution in [0.2, 0.25) is 5.02 Å². The summed E-state index contributed by atoms with van der Waals surface area (Å²) < 4.78 is 11.2. The molecule has 3 aromatic carbocycles. The molecule has 0 radical (unpaired) electrons. The molecule has 0 unspecified atom stereocenters. The average Bonchev–Trinajstić information content (AvgIpc) is 3.12. The second kappa shape index (κ2) is 10.9. The smallest absolute Gasteiger partial charge is 0.270 e. The third kappa shape index (κ3) is 5.85. The molecule has 6 nitrogen and oxygen atoms in total. The summed E-state index contributed by atoms with van der Waals surface area (Å²) in [6.45, 7) is 1.81. The zero-order valence-electron chi connectivity index (χ0n) is 18.9. The molecule has 4 rings (SSSR count). The topological polar surface area (TPSA) is 67.9 Å². The molecule has 1 aliphatic rings. The molecule has 0 aromatic heterocycles. The number of rotatable bonds is 7. The first-order valence-corrected chi connectivity index (χ1v) is 12.2. The zero-order valence-corrected chi connectivity index (χ0v) is 21.3. The summed E-state index contributed by atoms with van der Waals surface area (Å²) >= 11 is 12.9. The van der Waals surface area contributed by atoms with E-state index >= 15 is 0 Å². The minimum Gasteiger partial charge on any atom is -0.495 e. The highest BCUT2D eigenvalue weighted by molar-refractivity contribution is 8.27. The number of hydrogen-bond acceptors (Lipinski definition) is 6. The van der Waals surface area contributed by atoms with Crippen LogP contribution in [0, 0.1) is 6.92 Å². The third-order valence-electron chi connectivity index (χ3n) is 5.15. The first kappa shape index (κ1) is 24.8. The van der Waals surface area contributed by atoms with E-state index in [1.807, 2.05) is 43.3 Å². The van der Waals surface area contributed by atoms with Crippen LogP contribution in [-0.2, 0) is 9.59 Å². The van der Waals surface area contributed by atoms with Gasteiger partial charge < -0.3 is 14.8 Å². The summed E-state index contributed by atoms with van der Waals surface area (Å²) in [4.78, 5) is 27.1. The van der Waals surface area contributed by atoms with Crippen molar-refractivity contribution in [2.45, 2.75) is 6.92 Å². The lowest BCUT2D eigenvalue weighted by atomic mass is 10.2. The van der Waals surface area contributed by atoms with Crippen LogP contribution in [0.4, 0.5) is 11.4 Å². The second-order valence-corrected chi connectivity index (χ2v) is 9.64. The number of amides is 2. The van der Waals surface area contributed by atoms with Crippen LogP contribution in [0.5, 0.6) is 11.5 Å². The van der Waals surface area contributed by atoms with Gasteiger partial charge in [0.25, 0.3) is 11.8 Å². The number of nitrogens with one attached hydrogen (secondary N) is 1. The Balaban J connectivity index is 1.39. The van der Waals surface area contributed by atoms with Gasteiger partial charge in [0, 0.05) is 5.69 Å². The number of para-hydroxylation sites is 1. The summed E-state index contributed by atoms with van der Waals surface area (Å²) in [5.41, 5.74) is 3.11. The van der Waals surface area contributed by atoms with Crippen LogP contribution in [0.3, 0.4) is 0 Å². The molecule has 1 N–H and O–H groups in total. The second-order valence-electron chi connectivity index (χ2n) is 7.56. The van der Waals surface area contributed by atoms with Crippen LogP contribution in [0.1, 0.15) is 11.1 Å². The van der Waals surface area contributed by atoms with Gasteiger partial charge in [0.15, 0.2) is 10.9 Å². The van der Waals surface area contributed by atoms with Crippen molar-refractivity contribution in [1.82, 2.24) is 0 Å². The van der Waals surface area contributed by atoms with Gasteiger partial charge in [-0.2, -0.15) is 0 Å². The number of benzene rings is 3. The minimum absolute atomic E-state index is 0.114. The number of thiocarbonyl (C=S) groups is 1. The Labute approximate surface area is 217 Å². The van der Waals surface area contributed by atoms with E-state index in [1.54, 1.807) is 36.4 Å². The van der Waals surface area contributed by atoms with Crippen molar-refractivity contribution in [3.8, 4) is 11.5 Å². The lowest BCUT2D eigenvalue weighted by molar-refractivity contribution is -0.118. The molecule has 9 heteroatoms. The Hall–Kier alpha value is -3.33. The Morgan fingerprint density at radius 3 is 2.57 bits per heavy atom. The molecule has 2 amide bonds. The number of aryl methyl sites for hydroxylation is 1. The highest BCUT2D eigenvalue weighted by Gasteiger charge is 2.33. The maximum atomic E-state index is 13.0. The Morgan fingerprint density at radius 2 is 1.89 bits per heavy atom. The lowest BCUT2D eigenvalue weighted by Crippen LogP contribution is -2.27. The molecule has 1 aliphatic heterocycles. The van der Waals surface area contributed by atoms with Crippen LogP contribution in [0.25, 0.3) is 6.08 Å². The van der Waals surface area contributed by atoms with E-state index in [-0.39, 0.29) is 18.4 Å². The largest absolute Gasteiger partial charge is 0.495 e. The fourth-order valence-electron chi connectivity index (χ4n) is 3.34. The predicted octanol–water partition coefficient (Wildman–Crippen LogP) is 6.08. The van der Waals surface area contributed by atoms with Crippen molar-refractivity contribution in [3.63, 3.8) is 0 Å². The quantitative estimate of drug-likeness (QED) is 0.298. The fourth-order valence-corrected chi connectivity index (χ4v) is 4.90. The fraction of sp³-hybridized carbons (Fsp3) is 0.115. The minimum atomic E-state index is -0.245. The highest BCUT2D eigenvalue weighted by atomic mass is 35.5. The van der Waals surface area contributed by atoms with Crippen LogP contribution in [0.15, 0.2) is 71.6 Å². The van der Waals surface area contributed by atoms with Crippen LogP contribution in [-0.4, -0.2) is 29.9 Å². The Morgan fingerprint density at radius 1 is 1.14 bits per heavy atom. The molecule has 1 saturated heterocycles. The molecule has 1 fully saturated rings. The van der Waals surface area contributed by atoms with E-state index in [9.17, 15) is 9.59 Å². The summed E-state index contributed by atoms with van der Waals surface area (Å²) in [6.07, 6.45) is 1.76. The van der Waals surface area contributed by atoms with Crippen molar-refractivity contribution in [1.29, 1.82) is 0 Å². The lowest BCUT2D eigenvalue weighted by Gasteiger charge is -2.15. The van der Waals surface area contributed by atoms with Gasteiger partial charge in [-0.1, -0.05) is 65.9 Å². The SMILES string of the molecule is COc1ccc(N2C(=O)/C(=C/c3ccc(OCC(=O)Nc4ccccc4C)cc3)SC2=S)cc1Cl. The molecule has 1 heterocycles. The first-order valence-electron chi connectivity index (χ1n) is 10.6. The van der Waals surface area contributed by atoms with Gasteiger partial charge in [-0.25, -0.2) is 0 Å². The highest BCUT2D eigenvalue weighted by Crippen LogP contribution is 2.38. The molecule has 0 saturated carbocycles. The summed E-state index contributed by atoms with van der Waals surface area (Å²) in [6, 6.07) is 19.7. The maximum Gasteiger partial charge on any atom is 0.270 e. The molecular weight excluding hydrogens is 504 g/mol. The summed E-state index contributed by atoms with van der Waals surface area (Å²) in [5.74, 6) is 0.592. The monoisotopic (exact) mass is 524 g/mol. The van der Waals surface area contributed by atoms with E-state index in [0.29, 0.717) is 31.4 Å². The molecule has 178 valence electrons. The number of halogens is 1. The molecule has 0 bridgehead atoms. The van der Waals surface area contributed by atoms with Gasteiger partial charge in [0.1, 0.15) is 11.5 Å². The first-order chi connectivity index (χ1) is 16.9. The third-order valence-corrected chi connectivity index (χ3v) is 6.75. The van der Waals surface area contributed by atoms with E-state index in [4.69, 9.17) is 33.3 Å². The molecule has 35 heavy (non-hydrogen) atoms. The standard InChI is InChI=1S/C26H21ClN2O4S2/c1-16-5-3-4-6-21(16)28-24(30)15-33-19-10-7-17(8-11-19)13-23-25(31)29(26(34)35-23)18-9-12-22(32-2)20(27)14-18/h3-14H,15H2,1-2H3,(H,28,30)/b23-13-.